The molecular weight excluding hydrogens is 358 g/mol. The molecule has 28 heavy (non-hydrogen) atoms. The Labute approximate surface area is 167 Å². The van der Waals surface area contributed by atoms with E-state index in [4.69, 9.17) is 18.6 Å². The van der Waals surface area contributed by atoms with Gasteiger partial charge in [-0.05, 0) is 66.3 Å². The summed E-state index contributed by atoms with van der Waals surface area (Å²) in [5, 5.41) is 0. The molecule has 1 aromatic carbocycles. The Hall–Kier alpha value is -1.47. The molecule has 3 rings (SSSR count). The Morgan fingerprint density at radius 3 is 1.07 bits per heavy atom. The van der Waals surface area contributed by atoms with Crippen LogP contribution in [0.15, 0.2) is 12.1 Å². The third kappa shape index (κ3) is 3.26. The zero-order chi connectivity index (χ0) is 21.1. The summed E-state index contributed by atoms with van der Waals surface area (Å²) in [5.41, 5.74) is -0.394. The van der Waals surface area contributed by atoms with E-state index in [0.717, 1.165) is 12.6 Å². The van der Waals surface area contributed by atoms with Crippen molar-refractivity contribution in [1.82, 2.24) is 0 Å². The number of benzene rings is 1. The zero-order valence-corrected chi connectivity index (χ0v) is 17.9. The average Bonchev–Trinajstić information content (AvgIpc) is 2.93. The molecule has 2 saturated heterocycles. The van der Waals surface area contributed by atoms with Gasteiger partial charge in [-0.15, -0.1) is 0 Å². The van der Waals surface area contributed by atoms with E-state index in [1.807, 2.05) is 55.4 Å². The molecule has 0 atom stereocenters. The zero-order valence-electron chi connectivity index (χ0n) is 17.9. The Bertz CT molecular complexity index is 715. The summed E-state index contributed by atoms with van der Waals surface area (Å²) in [7, 11) is -1.48. The third-order valence-corrected chi connectivity index (χ3v) is 6.56. The second-order valence-corrected chi connectivity index (χ2v) is 9.52. The van der Waals surface area contributed by atoms with Gasteiger partial charge in [-0.3, -0.25) is 9.59 Å². The molecule has 0 aromatic heterocycles. The van der Waals surface area contributed by atoms with Gasteiger partial charge in [0.15, 0.2) is 0 Å². The van der Waals surface area contributed by atoms with Gasteiger partial charge in [0, 0.05) is 11.1 Å². The van der Waals surface area contributed by atoms with Gasteiger partial charge in [-0.25, -0.2) is 0 Å². The van der Waals surface area contributed by atoms with Crippen LogP contribution in [-0.2, 0) is 18.6 Å². The van der Waals surface area contributed by atoms with Crippen molar-refractivity contribution >= 4 is 37.7 Å². The minimum absolute atomic E-state index is 0.383. The number of carbonyl (C=O) groups excluding carboxylic acids is 2. The highest BCUT2D eigenvalue weighted by Crippen LogP contribution is 2.38. The summed E-state index contributed by atoms with van der Waals surface area (Å²) in [6.07, 6.45) is 1.48. The molecule has 0 spiro atoms. The Morgan fingerprint density at radius 1 is 0.607 bits per heavy atom. The van der Waals surface area contributed by atoms with Crippen LogP contribution in [0.4, 0.5) is 0 Å². The predicted octanol–water partition coefficient (Wildman–Crippen LogP) is 1.91. The molecule has 0 N–H and O–H groups in total. The molecular formula is C20H28B2O6. The fourth-order valence-corrected chi connectivity index (χ4v) is 3.22. The average molecular weight is 386 g/mol. The van der Waals surface area contributed by atoms with Gasteiger partial charge in [-0.2, -0.15) is 0 Å². The van der Waals surface area contributed by atoms with Gasteiger partial charge in [0.1, 0.15) is 12.6 Å². The highest BCUT2D eigenvalue weighted by atomic mass is 16.7. The highest BCUT2D eigenvalue weighted by molar-refractivity contribution is 6.66. The molecule has 2 aliphatic rings. The third-order valence-electron chi connectivity index (χ3n) is 6.56. The number of carbonyl (C=O) groups is 2. The minimum Gasteiger partial charge on any atom is -0.399 e. The van der Waals surface area contributed by atoms with Crippen molar-refractivity contribution in [2.75, 3.05) is 0 Å². The van der Waals surface area contributed by atoms with Crippen molar-refractivity contribution in [2.45, 2.75) is 77.8 Å². The van der Waals surface area contributed by atoms with Crippen LogP contribution in [0, 0.1) is 0 Å². The molecule has 2 heterocycles. The van der Waals surface area contributed by atoms with Gasteiger partial charge in [-0.1, -0.05) is 12.1 Å². The molecule has 150 valence electrons. The van der Waals surface area contributed by atoms with E-state index >= 15 is 0 Å². The van der Waals surface area contributed by atoms with Crippen LogP contribution < -0.4 is 10.9 Å². The van der Waals surface area contributed by atoms with Gasteiger partial charge < -0.3 is 18.6 Å². The summed E-state index contributed by atoms with van der Waals surface area (Å²) in [6, 6.07) is 3.28. The SMILES string of the molecule is CC1(C)OB(c2cc(C=O)c(B3OC(C)(C)C(C)(C)O3)cc2C=O)OC1(C)C. The van der Waals surface area contributed by atoms with Crippen molar-refractivity contribution in [3.05, 3.63) is 23.3 Å². The van der Waals surface area contributed by atoms with Crippen LogP contribution in [0.1, 0.15) is 76.1 Å². The topological polar surface area (TPSA) is 71.1 Å². The second kappa shape index (κ2) is 6.52. The fraction of sp³-hybridized carbons (Fsp3) is 0.600. The molecule has 0 unspecified atom stereocenters. The lowest BCUT2D eigenvalue weighted by Gasteiger charge is -2.32. The van der Waals surface area contributed by atoms with Crippen LogP contribution in [0.25, 0.3) is 0 Å². The van der Waals surface area contributed by atoms with E-state index < -0.39 is 36.6 Å². The highest BCUT2D eigenvalue weighted by Gasteiger charge is 2.54. The Kier molecular flexibility index (Phi) is 4.95. The summed E-state index contributed by atoms with van der Waals surface area (Å²) >= 11 is 0. The van der Waals surface area contributed by atoms with Gasteiger partial charge in [0.05, 0.1) is 22.4 Å². The summed E-state index contributed by atoms with van der Waals surface area (Å²) in [6.45, 7) is 15.5. The molecule has 0 radical (unpaired) electrons. The first-order chi connectivity index (χ1) is 12.7. The maximum atomic E-state index is 11.8. The van der Waals surface area contributed by atoms with E-state index in [0.29, 0.717) is 22.1 Å². The quantitative estimate of drug-likeness (QED) is 0.582. The van der Waals surface area contributed by atoms with Gasteiger partial charge in [0.2, 0.25) is 0 Å². The first-order valence-corrected chi connectivity index (χ1v) is 9.54. The number of hydrogen-bond acceptors (Lipinski definition) is 6. The standard InChI is InChI=1S/C20H28B2O6/c1-17(2)18(3,4)26-21(25-17)15-9-14(12-24)16(10-13(15)11-23)22-27-19(5,6)20(7,8)28-22/h9-12H,1-8H3. The summed E-state index contributed by atoms with van der Waals surface area (Å²) in [5.74, 6) is 0. The monoisotopic (exact) mass is 386 g/mol. The smallest absolute Gasteiger partial charge is 0.399 e. The second-order valence-electron chi connectivity index (χ2n) is 9.52. The number of rotatable bonds is 4. The first-order valence-electron chi connectivity index (χ1n) is 9.54. The summed E-state index contributed by atoms with van der Waals surface area (Å²) in [4.78, 5) is 23.7. The molecule has 6 nitrogen and oxygen atoms in total. The lowest BCUT2D eigenvalue weighted by Crippen LogP contribution is -2.43. The van der Waals surface area contributed by atoms with Crippen molar-refractivity contribution in [1.29, 1.82) is 0 Å². The molecule has 0 saturated carbocycles. The molecule has 1 aromatic rings. The van der Waals surface area contributed by atoms with Crippen molar-refractivity contribution < 1.29 is 28.2 Å². The van der Waals surface area contributed by atoms with Gasteiger partial charge >= 0.3 is 14.2 Å². The normalized spacial score (nSPS) is 24.4. The van der Waals surface area contributed by atoms with E-state index in [2.05, 4.69) is 0 Å². The van der Waals surface area contributed by atoms with Gasteiger partial charge in [0.25, 0.3) is 0 Å². The largest absolute Gasteiger partial charge is 0.495 e. The molecule has 2 aliphatic heterocycles. The molecule has 8 heteroatoms. The van der Waals surface area contributed by atoms with Crippen molar-refractivity contribution in [3.63, 3.8) is 0 Å². The molecule has 0 bridgehead atoms. The Morgan fingerprint density at radius 2 is 0.857 bits per heavy atom. The lowest BCUT2D eigenvalue weighted by atomic mass is 9.69. The van der Waals surface area contributed by atoms with E-state index in [-0.39, 0.29) is 0 Å². The Balaban J connectivity index is 2.03. The van der Waals surface area contributed by atoms with Crippen molar-refractivity contribution in [3.8, 4) is 0 Å². The van der Waals surface area contributed by atoms with E-state index in [1.54, 1.807) is 12.1 Å². The molecule has 0 amide bonds. The minimum atomic E-state index is -0.740. The van der Waals surface area contributed by atoms with Crippen LogP contribution >= 0.6 is 0 Å². The van der Waals surface area contributed by atoms with E-state index in [9.17, 15) is 9.59 Å². The lowest BCUT2D eigenvalue weighted by molar-refractivity contribution is 0.00578. The van der Waals surface area contributed by atoms with Crippen LogP contribution in [0.3, 0.4) is 0 Å². The van der Waals surface area contributed by atoms with Crippen LogP contribution in [0.2, 0.25) is 0 Å². The molecule has 0 aliphatic carbocycles. The maximum absolute atomic E-state index is 11.8. The summed E-state index contributed by atoms with van der Waals surface area (Å²) < 4.78 is 24.3. The molecule has 2 fully saturated rings. The predicted molar refractivity (Wildman–Crippen MR) is 109 cm³/mol. The number of aldehydes is 2. The van der Waals surface area contributed by atoms with Crippen LogP contribution in [0.5, 0.6) is 0 Å². The van der Waals surface area contributed by atoms with Crippen molar-refractivity contribution in [2.24, 2.45) is 0 Å². The first kappa shape index (κ1) is 21.2. The van der Waals surface area contributed by atoms with E-state index in [1.165, 1.54) is 0 Å². The maximum Gasteiger partial charge on any atom is 0.495 e. The number of hydrogen-bond donors (Lipinski definition) is 0. The fourth-order valence-electron chi connectivity index (χ4n) is 3.22. The van der Waals surface area contributed by atoms with Crippen LogP contribution in [-0.4, -0.2) is 49.2 Å².